The number of aliphatic hydroxyl groups excluding tert-OH is 10. The molecule has 1 saturated carbocycles. The molecule has 0 aliphatic heterocycles. The summed E-state index contributed by atoms with van der Waals surface area (Å²) in [7, 11) is 0. The molecule has 12 heteroatoms. The van der Waals surface area contributed by atoms with E-state index in [1.807, 2.05) is 0 Å². The average molecular weight is 443 g/mol. The zero-order valence-electron chi connectivity index (χ0n) is 16.9. The molecular formula is C18H38N2O10. The number of nitrogens with zero attached hydrogens (tertiary/aromatic N) is 1. The van der Waals surface area contributed by atoms with Crippen molar-refractivity contribution in [1.82, 2.24) is 4.90 Å². The van der Waals surface area contributed by atoms with E-state index in [4.69, 9.17) is 15.9 Å². The predicted octanol–water partition coefficient (Wildman–Crippen LogP) is -5.57. The van der Waals surface area contributed by atoms with Crippen molar-refractivity contribution in [3.05, 3.63) is 0 Å². The lowest BCUT2D eigenvalue weighted by atomic mass is 9.89. The molecule has 1 aliphatic rings. The SMILES string of the molecule is NC1CCC(N(C[C@H](O)[C@@H](O)[C@H](O)[C@H](O)CO)C[C@H](O)[C@@H](O)[C@H](O)[C@H](O)CO)CC1. The molecule has 180 valence electrons. The second-order valence-corrected chi connectivity index (χ2v) is 8.12. The van der Waals surface area contributed by atoms with E-state index >= 15 is 0 Å². The third kappa shape index (κ3) is 7.89. The number of aliphatic hydroxyl groups is 10. The van der Waals surface area contributed by atoms with Gasteiger partial charge in [0.25, 0.3) is 0 Å². The van der Waals surface area contributed by atoms with Crippen molar-refractivity contribution in [3.63, 3.8) is 0 Å². The van der Waals surface area contributed by atoms with Gasteiger partial charge in [-0.05, 0) is 25.7 Å². The standard InChI is InChI=1S/C18H38N2O10/c19-9-1-3-10(4-2-9)20(5-11(23)15(27)17(29)13(25)7-21)6-12(24)16(28)18(30)14(26)8-22/h9-18,21-30H,1-8,19H2/t9?,10?,11-,12-,13+,14+,15+,16+,17+,18+/m0/s1. The lowest BCUT2D eigenvalue weighted by molar-refractivity contribution is -0.134. The zero-order valence-corrected chi connectivity index (χ0v) is 16.9. The summed E-state index contributed by atoms with van der Waals surface area (Å²) in [5, 5.41) is 97.2. The van der Waals surface area contributed by atoms with Gasteiger partial charge < -0.3 is 56.8 Å². The Kier molecular flexibility index (Phi) is 12.1. The third-order valence-electron chi connectivity index (χ3n) is 5.75. The fourth-order valence-corrected chi connectivity index (χ4v) is 3.66. The number of hydrogen-bond donors (Lipinski definition) is 11. The van der Waals surface area contributed by atoms with Crippen LogP contribution >= 0.6 is 0 Å². The molecule has 0 unspecified atom stereocenters. The van der Waals surface area contributed by atoms with Gasteiger partial charge in [-0.2, -0.15) is 0 Å². The minimum absolute atomic E-state index is 0.0113. The number of rotatable bonds is 13. The molecule has 0 bridgehead atoms. The number of hydrogen-bond acceptors (Lipinski definition) is 12. The Bertz CT molecular complexity index is 438. The average Bonchev–Trinajstić information content (AvgIpc) is 2.75. The summed E-state index contributed by atoms with van der Waals surface area (Å²) in [6.45, 7) is -2.13. The van der Waals surface area contributed by atoms with E-state index < -0.39 is 62.0 Å². The van der Waals surface area contributed by atoms with Crippen LogP contribution in [0.15, 0.2) is 0 Å². The summed E-state index contributed by atoms with van der Waals surface area (Å²) >= 11 is 0. The van der Waals surface area contributed by atoms with Crippen LogP contribution in [0.25, 0.3) is 0 Å². The summed E-state index contributed by atoms with van der Waals surface area (Å²) in [6.07, 6.45) is -11.0. The van der Waals surface area contributed by atoms with Gasteiger partial charge in [-0.25, -0.2) is 0 Å². The van der Waals surface area contributed by atoms with E-state index in [0.717, 1.165) is 0 Å². The largest absolute Gasteiger partial charge is 0.394 e. The Morgan fingerprint density at radius 1 is 0.600 bits per heavy atom. The molecule has 30 heavy (non-hydrogen) atoms. The number of nitrogens with two attached hydrogens (primary N) is 1. The van der Waals surface area contributed by atoms with E-state index in [9.17, 15) is 40.9 Å². The third-order valence-corrected chi connectivity index (χ3v) is 5.75. The zero-order chi connectivity index (χ0) is 23.0. The van der Waals surface area contributed by atoms with E-state index in [-0.39, 0.29) is 25.2 Å². The lowest BCUT2D eigenvalue weighted by Crippen LogP contribution is -2.55. The first-order valence-corrected chi connectivity index (χ1v) is 10.2. The maximum Gasteiger partial charge on any atom is 0.111 e. The molecule has 0 radical (unpaired) electrons. The molecule has 0 amide bonds. The highest BCUT2D eigenvalue weighted by atomic mass is 16.4. The van der Waals surface area contributed by atoms with Crippen molar-refractivity contribution in [1.29, 1.82) is 0 Å². The van der Waals surface area contributed by atoms with E-state index in [1.54, 1.807) is 4.90 Å². The quantitative estimate of drug-likeness (QED) is 0.128. The molecule has 0 aromatic carbocycles. The summed E-state index contributed by atoms with van der Waals surface area (Å²) < 4.78 is 0. The topological polar surface area (TPSA) is 232 Å². The summed E-state index contributed by atoms with van der Waals surface area (Å²) in [5.41, 5.74) is 5.91. The minimum atomic E-state index is -1.80. The van der Waals surface area contributed by atoms with Crippen molar-refractivity contribution >= 4 is 0 Å². The highest BCUT2D eigenvalue weighted by Gasteiger charge is 2.36. The Morgan fingerprint density at radius 2 is 0.933 bits per heavy atom. The van der Waals surface area contributed by atoms with Crippen LogP contribution in [0.3, 0.4) is 0 Å². The molecule has 0 heterocycles. The van der Waals surface area contributed by atoms with Crippen LogP contribution in [-0.2, 0) is 0 Å². The minimum Gasteiger partial charge on any atom is -0.394 e. The van der Waals surface area contributed by atoms with Crippen molar-refractivity contribution in [3.8, 4) is 0 Å². The van der Waals surface area contributed by atoms with Crippen LogP contribution < -0.4 is 5.73 Å². The second-order valence-electron chi connectivity index (χ2n) is 8.12. The molecule has 0 saturated heterocycles. The van der Waals surface area contributed by atoms with E-state index in [2.05, 4.69) is 0 Å². The molecule has 0 aromatic rings. The van der Waals surface area contributed by atoms with Crippen LogP contribution in [0.4, 0.5) is 0 Å². The van der Waals surface area contributed by atoms with Crippen molar-refractivity contribution in [2.24, 2.45) is 5.73 Å². The van der Waals surface area contributed by atoms with Crippen molar-refractivity contribution < 1.29 is 51.1 Å². The molecule has 12 nitrogen and oxygen atoms in total. The molecule has 1 fully saturated rings. The van der Waals surface area contributed by atoms with Crippen LogP contribution in [-0.4, -0.2) is 143 Å². The lowest BCUT2D eigenvalue weighted by Gasteiger charge is -2.40. The van der Waals surface area contributed by atoms with Gasteiger partial charge in [-0.3, -0.25) is 4.90 Å². The van der Waals surface area contributed by atoms with Gasteiger partial charge in [-0.15, -0.1) is 0 Å². The van der Waals surface area contributed by atoms with Gasteiger partial charge in [0.15, 0.2) is 0 Å². The first-order chi connectivity index (χ1) is 14.0. The predicted molar refractivity (Wildman–Crippen MR) is 104 cm³/mol. The molecular weight excluding hydrogens is 404 g/mol. The fraction of sp³-hybridized carbons (Fsp3) is 1.00. The smallest absolute Gasteiger partial charge is 0.111 e. The van der Waals surface area contributed by atoms with Gasteiger partial charge in [0.1, 0.15) is 36.6 Å². The first-order valence-electron chi connectivity index (χ1n) is 10.2. The highest BCUT2D eigenvalue weighted by Crippen LogP contribution is 2.24. The van der Waals surface area contributed by atoms with Crippen LogP contribution in [0.1, 0.15) is 25.7 Å². The molecule has 1 rings (SSSR count). The summed E-state index contributed by atoms with van der Waals surface area (Å²) in [4.78, 5) is 1.57. The monoisotopic (exact) mass is 442 g/mol. The van der Waals surface area contributed by atoms with Gasteiger partial charge in [0.05, 0.1) is 25.4 Å². The maximum absolute atomic E-state index is 10.3. The van der Waals surface area contributed by atoms with Crippen LogP contribution in [0.2, 0.25) is 0 Å². The van der Waals surface area contributed by atoms with Crippen LogP contribution in [0, 0.1) is 0 Å². The van der Waals surface area contributed by atoms with E-state index in [0.29, 0.717) is 25.7 Å². The van der Waals surface area contributed by atoms with Gasteiger partial charge >= 0.3 is 0 Å². The van der Waals surface area contributed by atoms with Crippen LogP contribution in [0.5, 0.6) is 0 Å². The molecule has 8 atom stereocenters. The Balaban J connectivity index is 2.86. The van der Waals surface area contributed by atoms with Gasteiger partial charge in [0.2, 0.25) is 0 Å². The Hall–Kier alpha value is -0.480. The summed E-state index contributed by atoms with van der Waals surface area (Å²) in [5.74, 6) is 0. The molecule has 0 aromatic heterocycles. The van der Waals surface area contributed by atoms with E-state index in [1.165, 1.54) is 0 Å². The van der Waals surface area contributed by atoms with Crippen molar-refractivity contribution in [2.75, 3.05) is 26.3 Å². The Labute approximate surface area is 175 Å². The maximum atomic E-state index is 10.3. The van der Waals surface area contributed by atoms with Gasteiger partial charge in [0, 0.05) is 25.2 Å². The Morgan fingerprint density at radius 3 is 1.27 bits per heavy atom. The molecule has 1 aliphatic carbocycles. The summed E-state index contributed by atoms with van der Waals surface area (Å²) in [6, 6.07) is -0.175. The first kappa shape index (κ1) is 27.6. The second kappa shape index (κ2) is 13.2. The molecule has 12 N–H and O–H groups in total. The van der Waals surface area contributed by atoms with Crippen molar-refractivity contribution in [2.45, 2.75) is 86.6 Å². The normalized spacial score (nSPS) is 28.4. The van der Waals surface area contributed by atoms with Gasteiger partial charge in [-0.1, -0.05) is 0 Å². The highest BCUT2D eigenvalue weighted by molar-refractivity contribution is 4.90. The fourth-order valence-electron chi connectivity index (χ4n) is 3.66. The molecule has 0 spiro atoms.